The van der Waals surface area contributed by atoms with Crippen LogP contribution in [-0.2, 0) is 6.42 Å². The second kappa shape index (κ2) is 4.58. The van der Waals surface area contributed by atoms with Crippen molar-refractivity contribution in [2.24, 2.45) is 5.73 Å². The summed E-state index contributed by atoms with van der Waals surface area (Å²) in [5.41, 5.74) is 13.1. The van der Waals surface area contributed by atoms with E-state index in [2.05, 4.69) is 60.0 Å². The summed E-state index contributed by atoms with van der Waals surface area (Å²) >= 11 is 1.72. The predicted molar refractivity (Wildman–Crippen MR) is 85.0 cm³/mol. The van der Waals surface area contributed by atoms with Crippen LogP contribution in [0.1, 0.15) is 27.6 Å². The van der Waals surface area contributed by atoms with E-state index in [1.807, 2.05) is 0 Å². The van der Waals surface area contributed by atoms with Crippen molar-refractivity contribution in [1.29, 1.82) is 0 Å². The van der Waals surface area contributed by atoms with Crippen molar-refractivity contribution in [3.05, 3.63) is 81.5 Å². The molecule has 2 heteroatoms. The first kappa shape index (κ1) is 11.9. The number of rotatable bonds is 2. The van der Waals surface area contributed by atoms with Gasteiger partial charge < -0.3 is 5.73 Å². The van der Waals surface area contributed by atoms with Gasteiger partial charge in [0.2, 0.25) is 0 Å². The molecule has 0 saturated carbocycles. The minimum absolute atomic E-state index is 0.0102. The van der Waals surface area contributed by atoms with Crippen molar-refractivity contribution in [3.63, 3.8) is 0 Å². The van der Waals surface area contributed by atoms with E-state index in [0.717, 1.165) is 6.42 Å². The topological polar surface area (TPSA) is 26.0 Å². The van der Waals surface area contributed by atoms with Crippen LogP contribution in [0.2, 0.25) is 0 Å². The van der Waals surface area contributed by atoms with Gasteiger partial charge in [-0.3, -0.25) is 0 Å². The maximum absolute atomic E-state index is 6.37. The van der Waals surface area contributed by atoms with Crippen LogP contribution in [0.3, 0.4) is 0 Å². The quantitative estimate of drug-likeness (QED) is 0.578. The molecule has 1 atom stereocenters. The molecule has 98 valence electrons. The molecule has 4 rings (SSSR count). The Hall–Kier alpha value is -1.90. The smallest absolute Gasteiger partial charge is 0.0646 e. The Morgan fingerprint density at radius 2 is 1.75 bits per heavy atom. The molecule has 0 fully saturated rings. The van der Waals surface area contributed by atoms with Crippen LogP contribution in [0.5, 0.6) is 0 Å². The highest BCUT2D eigenvalue weighted by atomic mass is 32.1. The highest BCUT2D eigenvalue weighted by Gasteiger charge is 2.19. The number of hydrogen-bond donors (Lipinski definition) is 1. The SMILES string of the molecule is N[C@@H](c1ccc2c(c1)Cc1ccccc1-2)c1cccs1. The number of hydrogen-bond acceptors (Lipinski definition) is 2. The Bertz CT molecular complexity index is 759. The third kappa shape index (κ3) is 1.80. The lowest BCUT2D eigenvalue weighted by atomic mass is 9.99. The minimum Gasteiger partial charge on any atom is -0.320 e. The average Bonchev–Trinajstić information content (AvgIpc) is 3.13. The van der Waals surface area contributed by atoms with Gasteiger partial charge in [0.25, 0.3) is 0 Å². The zero-order valence-electron chi connectivity index (χ0n) is 11.0. The van der Waals surface area contributed by atoms with E-state index in [1.54, 1.807) is 11.3 Å². The molecule has 1 aliphatic rings. The summed E-state index contributed by atoms with van der Waals surface area (Å²) in [5.74, 6) is 0. The molecule has 1 nitrogen and oxygen atoms in total. The number of thiophene rings is 1. The lowest BCUT2D eigenvalue weighted by molar-refractivity contribution is 0.891. The lowest BCUT2D eigenvalue weighted by Crippen LogP contribution is -2.10. The molecule has 1 aromatic heterocycles. The van der Waals surface area contributed by atoms with Gasteiger partial charge in [0.05, 0.1) is 6.04 Å². The standard InChI is InChI=1S/C18H15NS/c19-18(17-6-3-9-20-17)13-7-8-16-14(11-13)10-12-4-1-2-5-15(12)16/h1-9,11,18H,10,19H2/t18-/m0/s1. The summed E-state index contributed by atoms with van der Waals surface area (Å²) < 4.78 is 0. The van der Waals surface area contributed by atoms with Gasteiger partial charge in [-0.25, -0.2) is 0 Å². The second-order valence-electron chi connectivity index (χ2n) is 5.24. The number of nitrogens with two attached hydrogens (primary N) is 1. The summed E-state index contributed by atoms with van der Waals surface area (Å²) in [6.45, 7) is 0. The third-order valence-corrected chi connectivity index (χ3v) is 4.98. The zero-order chi connectivity index (χ0) is 13.5. The summed E-state index contributed by atoms with van der Waals surface area (Å²) in [6.07, 6.45) is 1.02. The van der Waals surface area contributed by atoms with Crippen LogP contribution in [0.15, 0.2) is 60.0 Å². The summed E-state index contributed by atoms with van der Waals surface area (Å²) in [4.78, 5) is 1.22. The summed E-state index contributed by atoms with van der Waals surface area (Å²) in [6, 6.07) is 19.5. The molecule has 3 aromatic rings. The minimum atomic E-state index is -0.0102. The first-order valence-electron chi connectivity index (χ1n) is 6.83. The molecule has 0 aliphatic heterocycles. The normalized spacial score (nSPS) is 13.8. The number of fused-ring (bicyclic) bond motifs is 3. The molecular formula is C18H15NS. The van der Waals surface area contributed by atoms with Crippen LogP contribution in [0, 0.1) is 0 Å². The third-order valence-electron chi connectivity index (χ3n) is 4.03. The van der Waals surface area contributed by atoms with Gasteiger partial charge in [0, 0.05) is 4.88 Å². The van der Waals surface area contributed by atoms with Gasteiger partial charge in [-0.15, -0.1) is 11.3 Å². The molecular weight excluding hydrogens is 262 g/mol. The first-order chi connectivity index (χ1) is 9.83. The van der Waals surface area contributed by atoms with E-state index in [-0.39, 0.29) is 6.04 Å². The van der Waals surface area contributed by atoms with E-state index >= 15 is 0 Å². The monoisotopic (exact) mass is 277 g/mol. The van der Waals surface area contributed by atoms with E-state index in [0.29, 0.717) is 0 Å². The average molecular weight is 277 g/mol. The molecule has 0 bridgehead atoms. The van der Waals surface area contributed by atoms with Gasteiger partial charge in [0.1, 0.15) is 0 Å². The Balaban J connectivity index is 1.75. The highest BCUT2D eigenvalue weighted by Crippen LogP contribution is 2.38. The van der Waals surface area contributed by atoms with E-state index < -0.39 is 0 Å². The second-order valence-corrected chi connectivity index (χ2v) is 6.22. The predicted octanol–water partition coefficient (Wildman–Crippen LogP) is 4.37. The van der Waals surface area contributed by atoms with Crippen LogP contribution >= 0.6 is 11.3 Å². The van der Waals surface area contributed by atoms with Crippen LogP contribution in [0.25, 0.3) is 11.1 Å². The largest absolute Gasteiger partial charge is 0.320 e. The van der Waals surface area contributed by atoms with E-state index in [4.69, 9.17) is 5.73 Å². The Morgan fingerprint density at radius 3 is 2.60 bits per heavy atom. The Morgan fingerprint density at radius 1 is 0.900 bits per heavy atom. The molecule has 0 unspecified atom stereocenters. The Kier molecular flexibility index (Phi) is 2.72. The molecule has 20 heavy (non-hydrogen) atoms. The van der Waals surface area contributed by atoms with E-state index in [9.17, 15) is 0 Å². The summed E-state index contributed by atoms with van der Waals surface area (Å²) in [5, 5.41) is 2.08. The fourth-order valence-corrected chi connectivity index (χ4v) is 3.75. The number of benzene rings is 2. The zero-order valence-corrected chi connectivity index (χ0v) is 11.9. The first-order valence-corrected chi connectivity index (χ1v) is 7.71. The van der Waals surface area contributed by atoms with Crippen molar-refractivity contribution in [2.45, 2.75) is 12.5 Å². The fraction of sp³-hybridized carbons (Fsp3) is 0.111. The van der Waals surface area contributed by atoms with Gasteiger partial charge in [-0.05, 0) is 45.7 Å². The molecule has 1 aliphatic carbocycles. The molecule has 2 aromatic carbocycles. The molecule has 1 heterocycles. The van der Waals surface area contributed by atoms with Gasteiger partial charge >= 0.3 is 0 Å². The molecule has 0 saturated heterocycles. The van der Waals surface area contributed by atoms with Crippen molar-refractivity contribution in [2.75, 3.05) is 0 Å². The van der Waals surface area contributed by atoms with Gasteiger partial charge in [-0.2, -0.15) is 0 Å². The van der Waals surface area contributed by atoms with Crippen LogP contribution in [-0.4, -0.2) is 0 Å². The van der Waals surface area contributed by atoms with Gasteiger partial charge in [-0.1, -0.05) is 48.5 Å². The van der Waals surface area contributed by atoms with Crippen molar-refractivity contribution in [1.82, 2.24) is 0 Å². The van der Waals surface area contributed by atoms with Crippen molar-refractivity contribution < 1.29 is 0 Å². The van der Waals surface area contributed by atoms with Crippen molar-refractivity contribution in [3.8, 4) is 11.1 Å². The molecule has 0 radical (unpaired) electrons. The maximum atomic E-state index is 6.37. The van der Waals surface area contributed by atoms with Crippen LogP contribution < -0.4 is 5.73 Å². The summed E-state index contributed by atoms with van der Waals surface area (Å²) in [7, 11) is 0. The fourth-order valence-electron chi connectivity index (χ4n) is 2.99. The molecule has 2 N–H and O–H groups in total. The van der Waals surface area contributed by atoms with Crippen molar-refractivity contribution >= 4 is 11.3 Å². The highest BCUT2D eigenvalue weighted by molar-refractivity contribution is 7.10. The lowest BCUT2D eigenvalue weighted by Gasteiger charge is -2.12. The molecule has 0 amide bonds. The molecule has 0 spiro atoms. The maximum Gasteiger partial charge on any atom is 0.0646 e. The van der Waals surface area contributed by atoms with E-state index in [1.165, 1.54) is 32.7 Å². The van der Waals surface area contributed by atoms with Gasteiger partial charge in [0.15, 0.2) is 0 Å². The Labute approximate surface area is 122 Å². The van der Waals surface area contributed by atoms with Crippen LogP contribution in [0.4, 0.5) is 0 Å².